The van der Waals surface area contributed by atoms with Gasteiger partial charge in [0.25, 0.3) is 0 Å². The zero-order chi connectivity index (χ0) is 19.7. The van der Waals surface area contributed by atoms with Crippen molar-refractivity contribution in [2.45, 2.75) is 26.6 Å². The van der Waals surface area contributed by atoms with Crippen LogP contribution in [0.2, 0.25) is 5.02 Å². The van der Waals surface area contributed by atoms with Crippen LogP contribution in [-0.2, 0) is 19.6 Å². The molecule has 0 atom stereocenters. The Labute approximate surface area is 167 Å². The number of amides is 2. The van der Waals surface area contributed by atoms with Gasteiger partial charge in [-0.3, -0.25) is 4.98 Å². The number of aryl methyl sites for hydroxylation is 1. The van der Waals surface area contributed by atoms with Crippen LogP contribution in [0, 0.1) is 6.92 Å². The van der Waals surface area contributed by atoms with E-state index in [0.29, 0.717) is 24.7 Å². The number of nitrogens with zero attached hydrogens (tertiary/aromatic N) is 4. The van der Waals surface area contributed by atoms with Gasteiger partial charge in [-0.15, -0.1) is 0 Å². The molecule has 8 heteroatoms. The minimum atomic E-state index is -0.180. The third-order valence-electron chi connectivity index (χ3n) is 4.68. The summed E-state index contributed by atoms with van der Waals surface area (Å²) >= 11 is 6.08. The summed E-state index contributed by atoms with van der Waals surface area (Å²) in [6, 6.07) is 11.0. The van der Waals surface area contributed by atoms with Crippen molar-refractivity contribution in [2.24, 2.45) is 0 Å². The van der Waals surface area contributed by atoms with Crippen molar-refractivity contribution >= 4 is 23.6 Å². The van der Waals surface area contributed by atoms with E-state index in [-0.39, 0.29) is 12.0 Å². The number of carbonyl (C=O) groups excluding carboxylic acids is 1. The number of halogens is 1. The number of carbonyl (C=O) groups is 1. The maximum Gasteiger partial charge on any atom is 0.318 e. The summed E-state index contributed by atoms with van der Waals surface area (Å²) < 4.78 is 0. The zero-order valence-electron chi connectivity index (χ0n) is 15.3. The first-order valence-electron chi connectivity index (χ1n) is 8.85. The first kappa shape index (κ1) is 18.2. The molecular weight excluding hydrogens is 376 g/mol. The third-order valence-corrected chi connectivity index (χ3v) is 4.91. The van der Waals surface area contributed by atoms with E-state index in [0.717, 1.165) is 33.8 Å². The van der Waals surface area contributed by atoms with Crippen LogP contribution < -0.4 is 11.1 Å². The lowest BCUT2D eigenvalue weighted by Gasteiger charge is -2.16. The molecule has 7 nitrogen and oxygen atoms in total. The van der Waals surface area contributed by atoms with Crippen LogP contribution in [0.5, 0.6) is 0 Å². The summed E-state index contributed by atoms with van der Waals surface area (Å²) in [6.07, 6.45) is 1.70. The standard InChI is InChI=1S/C20H19ClN6O/c1-12-8-13(21)5-6-15(12)18-16-10-27(11-17(16)25-19(22)26-18)20(28)24-9-14-4-2-3-7-23-14/h2-8H,9-11H2,1H3,(H,24,28)(H2,22,25,26). The maximum atomic E-state index is 12.6. The molecule has 28 heavy (non-hydrogen) atoms. The topological polar surface area (TPSA) is 97.0 Å². The minimum Gasteiger partial charge on any atom is -0.368 e. The van der Waals surface area contributed by atoms with Gasteiger partial charge < -0.3 is 16.0 Å². The van der Waals surface area contributed by atoms with Gasteiger partial charge in [-0.2, -0.15) is 0 Å². The Hall–Kier alpha value is -3.19. The smallest absolute Gasteiger partial charge is 0.318 e. The molecule has 0 radical (unpaired) electrons. The predicted molar refractivity (Wildman–Crippen MR) is 107 cm³/mol. The van der Waals surface area contributed by atoms with Crippen LogP contribution in [0.15, 0.2) is 42.6 Å². The summed E-state index contributed by atoms with van der Waals surface area (Å²) in [6.45, 7) is 3.14. The number of urea groups is 1. The zero-order valence-corrected chi connectivity index (χ0v) is 16.1. The summed E-state index contributed by atoms with van der Waals surface area (Å²) in [5.74, 6) is 0.193. The number of hydrogen-bond donors (Lipinski definition) is 2. The minimum absolute atomic E-state index is 0.180. The number of benzene rings is 1. The molecule has 0 aliphatic carbocycles. The average Bonchev–Trinajstić information content (AvgIpc) is 3.10. The fraction of sp³-hybridized carbons (Fsp3) is 0.200. The quantitative estimate of drug-likeness (QED) is 0.710. The monoisotopic (exact) mass is 394 g/mol. The Morgan fingerprint density at radius 3 is 2.86 bits per heavy atom. The van der Waals surface area contributed by atoms with E-state index in [1.165, 1.54) is 0 Å². The largest absolute Gasteiger partial charge is 0.368 e. The van der Waals surface area contributed by atoms with Crippen molar-refractivity contribution < 1.29 is 4.79 Å². The van der Waals surface area contributed by atoms with Crippen LogP contribution >= 0.6 is 11.6 Å². The molecule has 1 aliphatic heterocycles. The Kier molecular flexibility index (Phi) is 4.83. The van der Waals surface area contributed by atoms with Crippen LogP contribution in [0.4, 0.5) is 10.7 Å². The molecule has 3 heterocycles. The number of nitrogens with one attached hydrogen (secondary N) is 1. The molecule has 0 bridgehead atoms. The Bertz CT molecular complexity index is 1040. The molecule has 4 rings (SSSR count). The molecule has 2 aromatic heterocycles. The van der Waals surface area contributed by atoms with E-state index < -0.39 is 0 Å². The third kappa shape index (κ3) is 3.61. The summed E-state index contributed by atoms with van der Waals surface area (Å²) in [4.78, 5) is 27.3. The highest BCUT2D eigenvalue weighted by Gasteiger charge is 2.29. The Morgan fingerprint density at radius 1 is 1.25 bits per heavy atom. The SMILES string of the molecule is Cc1cc(Cl)ccc1-c1nc(N)nc2c1CN(C(=O)NCc1ccccn1)C2. The molecule has 0 fully saturated rings. The lowest BCUT2D eigenvalue weighted by molar-refractivity contribution is 0.197. The van der Waals surface area contributed by atoms with Crippen LogP contribution in [0.3, 0.4) is 0 Å². The molecule has 1 aromatic carbocycles. The molecule has 3 N–H and O–H groups in total. The number of anilines is 1. The van der Waals surface area contributed by atoms with Gasteiger partial charge in [0.2, 0.25) is 5.95 Å². The summed E-state index contributed by atoms with van der Waals surface area (Å²) in [5, 5.41) is 3.56. The maximum absolute atomic E-state index is 12.6. The van der Waals surface area contributed by atoms with Gasteiger partial charge in [-0.25, -0.2) is 14.8 Å². The highest BCUT2D eigenvalue weighted by atomic mass is 35.5. The van der Waals surface area contributed by atoms with E-state index in [4.69, 9.17) is 17.3 Å². The number of rotatable bonds is 3. The second-order valence-corrected chi connectivity index (χ2v) is 7.09. The van der Waals surface area contributed by atoms with Crippen LogP contribution in [0.1, 0.15) is 22.5 Å². The van der Waals surface area contributed by atoms with Gasteiger partial charge in [0.15, 0.2) is 0 Å². The Balaban J connectivity index is 1.57. The highest BCUT2D eigenvalue weighted by molar-refractivity contribution is 6.30. The first-order valence-corrected chi connectivity index (χ1v) is 9.23. The molecule has 1 aliphatic rings. The second-order valence-electron chi connectivity index (χ2n) is 6.65. The summed E-state index contributed by atoms with van der Waals surface area (Å²) in [5.41, 5.74) is 11.1. The van der Waals surface area contributed by atoms with E-state index in [2.05, 4.69) is 20.3 Å². The van der Waals surface area contributed by atoms with Crippen molar-refractivity contribution in [3.8, 4) is 11.3 Å². The van der Waals surface area contributed by atoms with Crippen LogP contribution in [-0.4, -0.2) is 25.9 Å². The number of fused-ring (bicyclic) bond motifs is 1. The average molecular weight is 395 g/mol. The molecular formula is C20H19ClN6O. The van der Waals surface area contributed by atoms with Crippen molar-refractivity contribution in [1.82, 2.24) is 25.2 Å². The number of aromatic nitrogens is 3. The predicted octanol–water partition coefficient (Wildman–Crippen LogP) is 3.31. The van der Waals surface area contributed by atoms with Gasteiger partial charge in [-0.05, 0) is 36.8 Å². The molecule has 142 valence electrons. The molecule has 2 amide bonds. The summed E-state index contributed by atoms with van der Waals surface area (Å²) in [7, 11) is 0. The van der Waals surface area contributed by atoms with Crippen molar-refractivity contribution in [1.29, 1.82) is 0 Å². The number of hydrogen-bond acceptors (Lipinski definition) is 5. The van der Waals surface area contributed by atoms with Gasteiger partial charge >= 0.3 is 6.03 Å². The molecule has 0 saturated carbocycles. The van der Waals surface area contributed by atoms with Crippen molar-refractivity contribution in [3.05, 3.63) is 70.1 Å². The van der Waals surface area contributed by atoms with Gasteiger partial charge in [0.1, 0.15) is 0 Å². The fourth-order valence-electron chi connectivity index (χ4n) is 3.31. The number of nitrogen functional groups attached to an aromatic ring is 1. The first-order chi connectivity index (χ1) is 13.5. The van der Waals surface area contributed by atoms with E-state index >= 15 is 0 Å². The second kappa shape index (κ2) is 7.44. The van der Waals surface area contributed by atoms with E-state index in [1.54, 1.807) is 11.1 Å². The molecule has 0 saturated heterocycles. The molecule has 0 unspecified atom stereocenters. The van der Waals surface area contributed by atoms with Gasteiger partial charge in [-0.1, -0.05) is 23.7 Å². The lowest BCUT2D eigenvalue weighted by atomic mass is 10.0. The number of nitrogens with two attached hydrogens (primary N) is 1. The van der Waals surface area contributed by atoms with Crippen molar-refractivity contribution in [2.75, 3.05) is 5.73 Å². The highest BCUT2D eigenvalue weighted by Crippen LogP contribution is 2.33. The van der Waals surface area contributed by atoms with E-state index in [1.807, 2.05) is 43.3 Å². The van der Waals surface area contributed by atoms with Crippen LogP contribution in [0.25, 0.3) is 11.3 Å². The normalized spacial score (nSPS) is 12.7. The molecule has 0 spiro atoms. The number of pyridine rings is 1. The fourth-order valence-corrected chi connectivity index (χ4v) is 3.54. The van der Waals surface area contributed by atoms with Crippen molar-refractivity contribution in [3.63, 3.8) is 0 Å². The Morgan fingerprint density at radius 2 is 2.11 bits per heavy atom. The lowest BCUT2D eigenvalue weighted by Crippen LogP contribution is -2.36. The van der Waals surface area contributed by atoms with Gasteiger partial charge in [0.05, 0.1) is 36.7 Å². The van der Waals surface area contributed by atoms with E-state index in [9.17, 15) is 4.79 Å². The molecule has 3 aromatic rings. The van der Waals surface area contributed by atoms with Gasteiger partial charge in [0, 0.05) is 22.3 Å².